The minimum Gasteiger partial charge on any atom is -0.465 e. The van der Waals surface area contributed by atoms with Gasteiger partial charge in [0, 0.05) is 6.04 Å². The van der Waals surface area contributed by atoms with Crippen LogP contribution in [0.15, 0.2) is 45.7 Å². The standard InChI is InChI=1S/C15H16FNO3S/c1-11-2-7-14(20-11)10-17(13-5-6-13)21(18,19)15-8-3-12(16)4-9-15/h2-4,7-9,13H,5-6,10H2,1H3. The van der Waals surface area contributed by atoms with Crippen molar-refractivity contribution >= 4 is 10.0 Å². The van der Waals surface area contributed by atoms with Crippen molar-refractivity contribution in [2.24, 2.45) is 0 Å². The van der Waals surface area contributed by atoms with Crippen LogP contribution < -0.4 is 0 Å². The summed E-state index contributed by atoms with van der Waals surface area (Å²) in [4.78, 5) is 0.110. The van der Waals surface area contributed by atoms with Crippen molar-refractivity contribution in [2.75, 3.05) is 0 Å². The molecule has 3 rings (SSSR count). The molecule has 1 aromatic carbocycles. The molecule has 0 amide bonds. The highest BCUT2D eigenvalue weighted by molar-refractivity contribution is 7.89. The zero-order chi connectivity index (χ0) is 15.0. The summed E-state index contributed by atoms with van der Waals surface area (Å²) in [5, 5.41) is 0. The van der Waals surface area contributed by atoms with Crippen LogP contribution in [0.3, 0.4) is 0 Å². The Labute approximate surface area is 123 Å². The quantitative estimate of drug-likeness (QED) is 0.853. The highest BCUT2D eigenvalue weighted by Gasteiger charge is 2.38. The van der Waals surface area contributed by atoms with Crippen LogP contribution in [0.1, 0.15) is 24.4 Å². The second-order valence-corrected chi connectivity index (χ2v) is 7.14. The Hall–Kier alpha value is -1.66. The van der Waals surface area contributed by atoms with Gasteiger partial charge in [-0.1, -0.05) is 0 Å². The summed E-state index contributed by atoms with van der Waals surface area (Å²) in [6, 6.07) is 8.52. The molecule has 112 valence electrons. The Kier molecular flexibility index (Phi) is 3.59. The first kappa shape index (κ1) is 14.3. The van der Waals surface area contributed by atoms with Gasteiger partial charge in [-0.15, -0.1) is 0 Å². The number of halogens is 1. The summed E-state index contributed by atoms with van der Waals surface area (Å²) in [5.74, 6) is 0.915. The molecule has 1 heterocycles. The molecule has 1 saturated carbocycles. The molecule has 6 heteroatoms. The van der Waals surface area contributed by atoms with E-state index in [9.17, 15) is 12.8 Å². The number of furan rings is 1. The van der Waals surface area contributed by atoms with Crippen molar-refractivity contribution in [3.05, 3.63) is 53.7 Å². The molecule has 0 N–H and O–H groups in total. The Morgan fingerprint density at radius 1 is 1.19 bits per heavy atom. The van der Waals surface area contributed by atoms with Gasteiger partial charge in [0.2, 0.25) is 10.0 Å². The minimum atomic E-state index is -3.64. The number of hydrogen-bond donors (Lipinski definition) is 0. The molecule has 1 fully saturated rings. The second-order valence-electron chi connectivity index (χ2n) is 5.25. The largest absolute Gasteiger partial charge is 0.465 e. The number of benzene rings is 1. The van der Waals surface area contributed by atoms with Crippen molar-refractivity contribution in [1.29, 1.82) is 0 Å². The van der Waals surface area contributed by atoms with Crippen LogP contribution in [0.2, 0.25) is 0 Å². The lowest BCUT2D eigenvalue weighted by Gasteiger charge is -2.20. The fourth-order valence-electron chi connectivity index (χ4n) is 2.24. The molecule has 1 aromatic heterocycles. The van der Waals surface area contributed by atoms with Gasteiger partial charge in [0.25, 0.3) is 0 Å². The van der Waals surface area contributed by atoms with Crippen LogP contribution in [0, 0.1) is 12.7 Å². The summed E-state index contributed by atoms with van der Waals surface area (Å²) in [7, 11) is -3.64. The maximum Gasteiger partial charge on any atom is 0.243 e. The highest BCUT2D eigenvalue weighted by Crippen LogP contribution is 2.33. The third-order valence-corrected chi connectivity index (χ3v) is 5.39. The molecule has 0 atom stereocenters. The van der Waals surface area contributed by atoms with E-state index in [4.69, 9.17) is 4.42 Å². The van der Waals surface area contributed by atoms with E-state index in [2.05, 4.69) is 0 Å². The van der Waals surface area contributed by atoms with E-state index in [1.807, 2.05) is 13.0 Å². The smallest absolute Gasteiger partial charge is 0.243 e. The van der Waals surface area contributed by atoms with Crippen molar-refractivity contribution in [3.63, 3.8) is 0 Å². The number of aryl methyl sites for hydroxylation is 1. The Morgan fingerprint density at radius 2 is 1.86 bits per heavy atom. The maximum atomic E-state index is 13.0. The second kappa shape index (κ2) is 5.27. The normalized spacial score (nSPS) is 15.6. The molecular formula is C15H16FNO3S. The van der Waals surface area contributed by atoms with Gasteiger partial charge in [-0.2, -0.15) is 4.31 Å². The van der Waals surface area contributed by atoms with Crippen LogP contribution in [0.5, 0.6) is 0 Å². The Morgan fingerprint density at radius 3 is 2.38 bits per heavy atom. The van der Waals surface area contributed by atoms with Crippen molar-refractivity contribution in [3.8, 4) is 0 Å². The lowest BCUT2D eigenvalue weighted by molar-refractivity contribution is 0.351. The fourth-order valence-corrected chi connectivity index (χ4v) is 3.89. The molecular weight excluding hydrogens is 293 g/mol. The summed E-state index contributed by atoms with van der Waals surface area (Å²) in [5.41, 5.74) is 0. The lowest BCUT2D eigenvalue weighted by Crippen LogP contribution is -2.32. The Bertz CT molecular complexity index is 733. The number of sulfonamides is 1. The van der Waals surface area contributed by atoms with Crippen LogP contribution >= 0.6 is 0 Å². The van der Waals surface area contributed by atoms with Crippen LogP contribution in [-0.4, -0.2) is 18.8 Å². The maximum absolute atomic E-state index is 13.0. The molecule has 0 aliphatic heterocycles. The van der Waals surface area contributed by atoms with Crippen LogP contribution in [-0.2, 0) is 16.6 Å². The van der Waals surface area contributed by atoms with E-state index >= 15 is 0 Å². The molecule has 21 heavy (non-hydrogen) atoms. The zero-order valence-corrected chi connectivity index (χ0v) is 12.4. The Balaban J connectivity index is 1.90. The van der Waals surface area contributed by atoms with Gasteiger partial charge >= 0.3 is 0 Å². The summed E-state index contributed by atoms with van der Waals surface area (Å²) >= 11 is 0. The topological polar surface area (TPSA) is 50.5 Å². The molecule has 0 unspecified atom stereocenters. The summed E-state index contributed by atoms with van der Waals surface area (Å²) < 4.78 is 45.3. The van der Waals surface area contributed by atoms with Gasteiger partial charge in [0.1, 0.15) is 17.3 Å². The summed E-state index contributed by atoms with van der Waals surface area (Å²) in [6.07, 6.45) is 1.69. The first-order chi connectivity index (χ1) is 9.96. The number of rotatable bonds is 5. The highest BCUT2D eigenvalue weighted by atomic mass is 32.2. The van der Waals surface area contributed by atoms with E-state index in [0.29, 0.717) is 5.76 Å². The van der Waals surface area contributed by atoms with E-state index < -0.39 is 15.8 Å². The fraction of sp³-hybridized carbons (Fsp3) is 0.333. The molecule has 0 bridgehead atoms. The predicted octanol–water partition coefficient (Wildman–Crippen LogP) is 3.08. The average Bonchev–Trinajstić information content (AvgIpc) is 3.19. The van der Waals surface area contributed by atoms with Crippen LogP contribution in [0.25, 0.3) is 0 Å². The lowest BCUT2D eigenvalue weighted by atomic mass is 10.4. The molecule has 0 radical (unpaired) electrons. The van der Waals surface area contributed by atoms with E-state index in [-0.39, 0.29) is 17.5 Å². The molecule has 0 spiro atoms. The number of nitrogens with zero attached hydrogens (tertiary/aromatic N) is 1. The van der Waals surface area contributed by atoms with Gasteiger partial charge in [0.05, 0.1) is 11.4 Å². The first-order valence-corrected chi connectivity index (χ1v) is 8.23. The average molecular weight is 309 g/mol. The number of hydrogen-bond acceptors (Lipinski definition) is 3. The predicted molar refractivity (Wildman–Crippen MR) is 75.6 cm³/mol. The van der Waals surface area contributed by atoms with Crippen molar-refractivity contribution < 1.29 is 17.2 Å². The van der Waals surface area contributed by atoms with E-state index in [1.54, 1.807) is 6.07 Å². The monoisotopic (exact) mass is 309 g/mol. The summed E-state index contributed by atoms with van der Waals surface area (Å²) in [6.45, 7) is 2.03. The minimum absolute atomic E-state index is 0.00505. The van der Waals surface area contributed by atoms with Gasteiger partial charge < -0.3 is 4.42 Å². The van der Waals surface area contributed by atoms with Gasteiger partial charge in [-0.05, 0) is 56.2 Å². The van der Waals surface area contributed by atoms with Crippen molar-refractivity contribution in [1.82, 2.24) is 4.31 Å². The third kappa shape index (κ3) is 3.01. The molecule has 1 aliphatic carbocycles. The van der Waals surface area contributed by atoms with Gasteiger partial charge in [0.15, 0.2) is 0 Å². The zero-order valence-electron chi connectivity index (χ0n) is 11.6. The van der Waals surface area contributed by atoms with E-state index in [1.165, 1.54) is 16.4 Å². The van der Waals surface area contributed by atoms with Gasteiger partial charge in [-0.25, -0.2) is 12.8 Å². The first-order valence-electron chi connectivity index (χ1n) is 6.79. The van der Waals surface area contributed by atoms with Gasteiger partial charge in [-0.3, -0.25) is 0 Å². The third-order valence-electron chi connectivity index (χ3n) is 3.48. The molecule has 4 nitrogen and oxygen atoms in total. The molecule has 2 aromatic rings. The molecule has 1 aliphatic rings. The van der Waals surface area contributed by atoms with E-state index in [0.717, 1.165) is 30.7 Å². The molecule has 0 saturated heterocycles. The van der Waals surface area contributed by atoms with Crippen molar-refractivity contribution in [2.45, 2.75) is 37.2 Å². The van der Waals surface area contributed by atoms with Crippen LogP contribution in [0.4, 0.5) is 4.39 Å². The SMILES string of the molecule is Cc1ccc(CN(C2CC2)S(=O)(=O)c2ccc(F)cc2)o1.